The normalized spacial score (nSPS) is 14.0. The summed E-state index contributed by atoms with van der Waals surface area (Å²) in [6.45, 7) is 2.86. The van der Waals surface area contributed by atoms with Gasteiger partial charge < -0.3 is 15.5 Å². The highest BCUT2D eigenvalue weighted by Gasteiger charge is 2.17. The first kappa shape index (κ1) is 16.4. The van der Waals surface area contributed by atoms with Gasteiger partial charge in [-0.3, -0.25) is 4.79 Å². The fourth-order valence-electron chi connectivity index (χ4n) is 3.20. The van der Waals surface area contributed by atoms with Gasteiger partial charge in [0.15, 0.2) is 0 Å². The van der Waals surface area contributed by atoms with E-state index in [1.807, 2.05) is 42.3 Å². The smallest absolute Gasteiger partial charge is 0.227 e. The molecule has 0 saturated carbocycles. The van der Waals surface area contributed by atoms with Crippen LogP contribution in [0.2, 0.25) is 0 Å². The molecule has 0 radical (unpaired) electrons. The number of hydrogen-bond donors (Lipinski definition) is 1. The summed E-state index contributed by atoms with van der Waals surface area (Å²) in [5.41, 5.74) is 9.89. The number of likely N-dealkylation sites (N-methyl/N-ethyl adjacent to an activating group) is 1. The van der Waals surface area contributed by atoms with Crippen molar-refractivity contribution in [2.75, 3.05) is 30.8 Å². The van der Waals surface area contributed by atoms with Crippen molar-refractivity contribution in [3.63, 3.8) is 0 Å². The lowest BCUT2D eigenvalue weighted by Gasteiger charge is -2.24. The first-order chi connectivity index (χ1) is 11.6. The predicted molar refractivity (Wildman–Crippen MR) is 98.9 cm³/mol. The molecule has 2 aromatic rings. The van der Waals surface area contributed by atoms with Gasteiger partial charge in [0.25, 0.3) is 0 Å². The maximum absolute atomic E-state index is 12.5. The minimum atomic E-state index is 0.121. The summed E-state index contributed by atoms with van der Waals surface area (Å²) in [6.07, 6.45) is 2.91. The van der Waals surface area contributed by atoms with Gasteiger partial charge in [0.2, 0.25) is 5.91 Å². The zero-order valence-electron chi connectivity index (χ0n) is 14.2. The molecule has 1 heterocycles. The van der Waals surface area contributed by atoms with E-state index in [-0.39, 0.29) is 5.91 Å². The Bertz CT molecular complexity index is 690. The van der Waals surface area contributed by atoms with Gasteiger partial charge in [-0.15, -0.1) is 0 Å². The Balaban J connectivity index is 1.66. The highest BCUT2D eigenvalue weighted by molar-refractivity contribution is 5.78. The van der Waals surface area contributed by atoms with Crippen molar-refractivity contribution in [2.24, 2.45) is 0 Å². The zero-order chi connectivity index (χ0) is 16.9. The topological polar surface area (TPSA) is 49.6 Å². The van der Waals surface area contributed by atoms with Crippen LogP contribution < -0.4 is 10.6 Å². The summed E-state index contributed by atoms with van der Waals surface area (Å²) in [6, 6.07) is 15.9. The van der Waals surface area contributed by atoms with E-state index in [4.69, 9.17) is 5.73 Å². The number of para-hydroxylation sites is 1. The van der Waals surface area contributed by atoms with Crippen molar-refractivity contribution in [2.45, 2.75) is 25.8 Å². The van der Waals surface area contributed by atoms with Crippen LogP contribution in [-0.4, -0.2) is 30.9 Å². The molecule has 1 amide bonds. The minimum Gasteiger partial charge on any atom is -0.399 e. The molecule has 4 heteroatoms. The molecule has 0 unspecified atom stereocenters. The molecule has 3 rings (SSSR count). The lowest BCUT2D eigenvalue weighted by molar-refractivity contribution is -0.129. The molecule has 1 saturated heterocycles. The number of nitrogens with two attached hydrogens (primary N) is 1. The summed E-state index contributed by atoms with van der Waals surface area (Å²) in [5.74, 6) is 0.121. The first-order valence-electron chi connectivity index (χ1n) is 8.55. The largest absolute Gasteiger partial charge is 0.399 e. The average Bonchev–Trinajstić information content (AvgIpc) is 3.11. The third kappa shape index (κ3) is 3.88. The molecule has 0 atom stereocenters. The second kappa shape index (κ2) is 7.39. The molecule has 2 N–H and O–H groups in total. The second-order valence-electron chi connectivity index (χ2n) is 6.49. The number of rotatable bonds is 5. The van der Waals surface area contributed by atoms with Gasteiger partial charge in [0.05, 0.1) is 6.42 Å². The highest BCUT2D eigenvalue weighted by Crippen LogP contribution is 2.25. The van der Waals surface area contributed by atoms with Crippen molar-refractivity contribution >= 4 is 17.3 Å². The molecular weight excluding hydrogens is 298 g/mol. The van der Waals surface area contributed by atoms with Crippen LogP contribution in [0.1, 0.15) is 24.0 Å². The van der Waals surface area contributed by atoms with E-state index < -0.39 is 0 Å². The maximum atomic E-state index is 12.5. The standard InChI is InChI=1S/C20H25N3O/c1-22(20(24)14-16-8-10-18(21)11-9-16)15-17-6-2-3-7-19(17)23-12-4-5-13-23/h2-3,6-11H,4-5,12-15,21H2,1H3. The number of benzene rings is 2. The molecule has 24 heavy (non-hydrogen) atoms. The molecule has 1 aliphatic heterocycles. The lowest BCUT2D eigenvalue weighted by Crippen LogP contribution is -2.29. The molecule has 2 aromatic carbocycles. The first-order valence-corrected chi connectivity index (χ1v) is 8.55. The fourth-order valence-corrected chi connectivity index (χ4v) is 3.20. The van der Waals surface area contributed by atoms with E-state index >= 15 is 0 Å². The molecule has 4 nitrogen and oxygen atoms in total. The van der Waals surface area contributed by atoms with Crippen LogP contribution in [0.25, 0.3) is 0 Å². The Kier molecular flexibility index (Phi) is 5.04. The van der Waals surface area contributed by atoms with Gasteiger partial charge in [-0.1, -0.05) is 30.3 Å². The zero-order valence-corrected chi connectivity index (χ0v) is 14.2. The SMILES string of the molecule is CN(Cc1ccccc1N1CCCC1)C(=O)Cc1ccc(N)cc1. The lowest BCUT2D eigenvalue weighted by atomic mass is 10.1. The van der Waals surface area contributed by atoms with E-state index in [0.29, 0.717) is 13.0 Å². The Morgan fingerprint density at radius 3 is 2.46 bits per heavy atom. The van der Waals surface area contributed by atoms with Crippen LogP contribution in [0.15, 0.2) is 48.5 Å². The van der Waals surface area contributed by atoms with Crippen molar-refractivity contribution in [3.05, 3.63) is 59.7 Å². The second-order valence-corrected chi connectivity index (χ2v) is 6.49. The van der Waals surface area contributed by atoms with Gasteiger partial charge in [0, 0.05) is 38.1 Å². The van der Waals surface area contributed by atoms with Crippen LogP contribution in [0.3, 0.4) is 0 Å². The summed E-state index contributed by atoms with van der Waals surface area (Å²) in [5, 5.41) is 0. The van der Waals surface area contributed by atoms with Gasteiger partial charge in [0.1, 0.15) is 0 Å². The van der Waals surface area contributed by atoms with E-state index in [2.05, 4.69) is 23.1 Å². The number of amides is 1. The van der Waals surface area contributed by atoms with Crippen molar-refractivity contribution in [3.8, 4) is 0 Å². The number of nitrogens with zero attached hydrogens (tertiary/aromatic N) is 2. The van der Waals surface area contributed by atoms with Crippen molar-refractivity contribution in [1.82, 2.24) is 4.90 Å². The summed E-state index contributed by atoms with van der Waals surface area (Å²) in [4.78, 5) is 16.8. The van der Waals surface area contributed by atoms with Gasteiger partial charge in [-0.2, -0.15) is 0 Å². The van der Waals surface area contributed by atoms with E-state index in [0.717, 1.165) is 24.3 Å². The molecule has 1 fully saturated rings. The minimum absolute atomic E-state index is 0.121. The molecule has 0 aromatic heterocycles. The maximum Gasteiger partial charge on any atom is 0.227 e. The molecule has 1 aliphatic rings. The summed E-state index contributed by atoms with van der Waals surface area (Å²) in [7, 11) is 1.88. The predicted octanol–water partition coefficient (Wildman–Crippen LogP) is 3.07. The molecule has 0 aliphatic carbocycles. The summed E-state index contributed by atoms with van der Waals surface area (Å²) >= 11 is 0. The number of carbonyl (C=O) groups excluding carboxylic acids is 1. The van der Waals surface area contributed by atoms with Crippen LogP contribution in [-0.2, 0) is 17.8 Å². The Morgan fingerprint density at radius 1 is 1.08 bits per heavy atom. The van der Waals surface area contributed by atoms with Gasteiger partial charge in [-0.25, -0.2) is 0 Å². The number of nitrogen functional groups attached to an aromatic ring is 1. The third-order valence-corrected chi connectivity index (χ3v) is 4.61. The molecular formula is C20H25N3O. The van der Waals surface area contributed by atoms with E-state index in [1.54, 1.807) is 0 Å². The average molecular weight is 323 g/mol. The fraction of sp³-hybridized carbons (Fsp3) is 0.350. The summed E-state index contributed by atoms with van der Waals surface area (Å²) < 4.78 is 0. The molecule has 126 valence electrons. The molecule has 0 spiro atoms. The van der Waals surface area contributed by atoms with Crippen molar-refractivity contribution in [1.29, 1.82) is 0 Å². The van der Waals surface area contributed by atoms with Crippen LogP contribution >= 0.6 is 0 Å². The third-order valence-electron chi connectivity index (χ3n) is 4.61. The Morgan fingerprint density at radius 2 is 1.75 bits per heavy atom. The van der Waals surface area contributed by atoms with Gasteiger partial charge in [-0.05, 0) is 42.2 Å². The van der Waals surface area contributed by atoms with Crippen LogP contribution in [0, 0.1) is 0 Å². The quantitative estimate of drug-likeness (QED) is 0.860. The van der Waals surface area contributed by atoms with E-state index in [9.17, 15) is 4.79 Å². The highest BCUT2D eigenvalue weighted by atomic mass is 16.2. The number of carbonyl (C=O) groups is 1. The monoisotopic (exact) mass is 323 g/mol. The van der Waals surface area contributed by atoms with Gasteiger partial charge >= 0.3 is 0 Å². The van der Waals surface area contributed by atoms with Crippen LogP contribution in [0.4, 0.5) is 11.4 Å². The number of hydrogen-bond acceptors (Lipinski definition) is 3. The Hall–Kier alpha value is -2.49. The van der Waals surface area contributed by atoms with E-state index in [1.165, 1.54) is 24.1 Å². The van der Waals surface area contributed by atoms with Crippen LogP contribution in [0.5, 0.6) is 0 Å². The van der Waals surface area contributed by atoms with Crippen molar-refractivity contribution < 1.29 is 4.79 Å². The molecule has 0 bridgehead atoms. The Labute approximate surface area is 143 Å². The number of anilines is 2.